The fraction of sp³-hybridized carbons (Fsp3) is 0.684. The van der Waals surface area contributed by atoms with Gasteiger partial charge in [0.05, 0.1) is 5.41 Å². The van der Waals surface area contributed by atoms with Gasteiger partial charge in [0.25, 0.3) is 0 Å². The van der Waals surface area contributed by atoms with Crippen molar-refractivity contribution in [3.63, 3.8) is 0 Å². The third kappa shape index (κ3) is 5.25. The fourth-order valence-electron chi connectivity index (χ4n) is 4.36. The van der Waals surface area contributed by atoms with Crippen LogP contribution in [-0.4, -0.2) is 60.8 Å². The molecule has 3 aliphatic rings. The Kier molecular flexibility index (Phi) is 8.16. The molecule has 27 heavy (non-hydrogen) atoms. The first-order valence-electron chi connectivity index (χ1n) is 9.44. The quantitative estimate of drug-likeness (QED) is 0.758. The number of likely N-dealkylation sites (tertiary alicyclic amines) is 1. The van der Waals surface area contributed by atoms with E-state index in [0.29, 0.717) is 0 Å². The van der Waals surface area contributed by atoms with E-state index in [1.54, 1.807) is 12.4 Å². The highest BCUT2D eigenvalue weighted by molar-refractivity contribution is 5.85. The average molecular weight is 418 g/mol. The highest BCUT2D eigenvalue weighted by Gasteiger charge is 2.49. The molecule has 3 fully saturated rings. The number of carbonyl (C=O) groups is 1. The summed E-state index contributed by atoms with van der Waals surface area (Å²) in [6.07, 6.45) is 8.60. The summed E-state index contributed by atoms with van der Waals surface area (Å²) in [5, 5.41) is 3.34. The van der Waals surface area contributed by atoms with Gasteiger partial charge in [0.15, 0.2) is 0 Å². The summed E-state index contributed by atoms with van der Waals surface area (Å²) < 4.78 is 11.8. The molecular weight excluding hydrogens is 389 g/mol. The van der Waals surface area contributed by atoms with E-state index in [0.717, 1.165) is 70.6 Å². The SMILES string of the molecule is Cl.Cl.O=C1OC(CN2CCC(Oc3ccncc3)CC2)CC12CCNCC2. The van der Waals surface area contributed by atoms with Crippen LogP contribution in [-0.2, 0) is 9.53 Å². The molecule has 1 unspecified atom stereocenters. The van der Waals surface area contributed by atoms with E-state index >= 15 is 0 Å². The molecule has 1 spiro atoms. The van der Waals surface area contributed by atoms with E-state index in [-0.39, 0.29) is 48.4 Å². The van der Waals surface area contributed by atoms with Crippen molar-refractivity contribution in [2.75, 3.05) is 32.7 Å². The summed E-state index contributed by atoms with van der Waals surface area (Å²) in [6, 6.07) is 3.81. The van der Waals surface area contributed by atoms with Gasteiger partial charge in [0.2, 0.25) is 0 Å². The molecule has 3 aliphatic heterocycles. The first-order chi connectivity index (χ1) is 12.2. The topological polar surface area (TPSA) is 63.7 Å². The minimum Gasteiger partial charge on any atom is -0.490 e. The Morgan fingerprint density at radius 1 is 1.19 bits per heavy atom. The van der Waals surface area contributed by atoms with Crippen LogP contribution >= 0.6 is 24.8 Å². The van der Waals surface area contributed by atoms with Gasteiger partial charge in [-0.05, 0) is 50.9 Å². The van der Waals surface area contributed by atoms with Crippen molar-refractivity contribution in [1.29, 1.82) is 0 Å². The average Bonchev–Trinajstić information content (AvgIpc) is 2.93. The van der Waals surface area contributed by atoms with Crippen molar-refractivity contribution in [3.05, 3.63) is 24.5 Å². The molecule has 0 bridgehead atoms. The number of cyclic esters (lactones) is 1. The smallest absolute Gasteiger partial charge is 0.312 e. The molecule has 0 saturated carbocycles. The standard InChI is InChI=1S/C19H27N3O3.2ClH/c23-18-19(5-9-21-10-6-19)13-17(25-18)14-22-11-3-16(4-12-22)24-15-1-7-20-8-2-15;;/h1-2,7-8,16-17,21H,3-6,9-14H2;2*1H. The Balaban J connectivity index is 0.00000131. The number of pyridine rings is 1. The number of ether oxygens (including phenoxy) is 2. The lowest BCUT2D eigenvalue weighted by Crippen LogP contribution is -2.42. The summed E-state index contributed by atoms with van der Waals surface area (Å²) in [7, 11) is 0. The number of piperidine rings is 2. The molecule has 0 radical (unpaired) electrons. The second-order valence-corrected chi connectivity index (χ2v) is 7.56. The van der Waals surface area contributed by atoms with Gasteiger partial charge >= 0.3 is 5.97 Å². The van der Waals surface area contributed by atoms with Gasteiger partial charge in [-0.3, -0.25) is 14.7 Å². The number of esters is 1. The minimum atomic E-state index is -0.210. The molecule has 1 atom stereocenters. The molecule has 0 aliphatic carbocycles. The Labute approximate surface area is 173 Å². The molecule has 4 rings (SSSR count). The highest BCUT2D eigenvalue weighted by Crippen LogP contribution is 2.41. The van der Waals surface area contributed by atoms with Gasteiger partial charge < -0.3 is 14.8 Å². The zero-order valence-electron chi connectivity index (χ0n) is 15.5. The summed E-state index contributed by atoms with van der Waals surface area (Å²) in [6.45, 7) is 4.72. The number of nitrogens with one attached hydrogen (secondary N) is 1. The minimum absolute atomic E-state index is 0. The van der Waals surface area contributed by atoms with E-state index in [1.807, 2.05) is 12.1 Å². The van der Waals surface area contributed by atoms with Crippen molar-refractivity contribution in [1.82, 2.24) is 15.2 Å². The van der Waals surface area contributed by atoms with Crippen LogP contribution in [0.5, 0.6) is 5.75 Å². The van der Waals surface area contributed by atoms with E-state index < -0.39 is 0 Å². The molecule has 1 N–H and O–H groups in total. The zero-order chi connectivity index (χ0) is 17.1. The molecule has 4 heterocycles. The summed E-state index contributed by atoms with van der Waals surface area (Å²) in [5.41, 5.74) is -0.210. The lowest BCUT2D eigenvalue weighted by molar-refractivity contribution is -0.150. The first kappa shape index (κ1) is 22.2. The van der Waals surface area contributed by atoms with Gasteiger partial charge in [-0.25, -0.2) is 0 Å². The molecule has 3 saturated heterocycles. The lowest BCUT2D eigenvalue weighted by Gasteiger charge is -2.33. The largest absolute Gasteiger partial charge is 0.490 e. The summed E-state index contributed by atoms with van der Waals surface area (Å²) in [4.78, 5) is 18.8. The zero-order valence-corrected chi connectivity index (χ0v) is 17.1. The molecule has 1 aromatic rings. The predicted octanol–water partition coefficient (Wildman–Crippen LogP) is 2.45. The summed E-state index contributed by atoms with van der Waals surface area (Å²) >= 11 is 0. The van der Waals surface area contributed by atoms with E-state index in [1.165, 1.54) is 0 Å². The van der Waals surface area contributed by atoms with Crippen molar-refractivity contribution in [3.8, 4) is 5.75 Å². The van der Waals surface area contributed by atoms with Crippen LogP contribution in [0, 0.1) is 5.41 Å². The van der Waals surface area contributed by atoms with Crippen molar-refractivity contribution >= 4 is 30.8 Å². The number of nitrogens with zero attached hydrogens (tertiary/aromatic N) is 2. The van der Waals surface area contributed by atoms with Crippen LogP contribution < -0.4 is 10.1 Å². The van der Waals surface area contributed by atoms with Gasteiger partial charge in [0.1, 0.15) is 18.0 Å². The van der Waals surface area contributed by atoms with E-state index in [9.17, 15) is 4.79 Å². The van der Waals surface area contributed by atoms with Crippen LogP contribution in [0.25, 0.3) is 0 Å². The normalized spacial score (nSPS) is 25.3. The second kappa shape index (κ2) is 9.92. The summed E-state index contributed by atoms with van der Waals surface area (Å²) in [5.74, 6) is 0.931. The molecule has 8 heteroatoms. The van der Waals surface area contributed by atoms with Crippen molar-refractivity contribution in [2.24, 2.45) is 5.41 Å². The van der Waals surface area contributed by atoms with Gasteiger partial charge in [-0.15, -0.1) is 24.8 Å². The molecule has 1 aromatic heterocycles. The third-order valence-electron chi connectivity index (χ3n) is 5.83. The van der Waals surface area contributed by atoms with Crippen LogP contribution in [0.1, 0.15) is 32.1 Å². The monoisotopic (exact) mass is 417 g/mol. The Bertz CT molecular complexity index is 591. The van der Waals surface area contributed by atoms with E-state index in [4.69, 9.17) is 9.47 Å². The molecule has 152 valence electrons. The number of rotatable bonds is 4. The van der Waals surface area contributed by atoms with Crippen LogP contribution in [0.15, 0.2) is 24.5 Å². The maximum atomic E-state index is 12.4. The molecule has 0 aromatic carbocycles. The first-order valence-corrected chi connectivity index (χ1v) is 9.44. The van der Waals surface area contributed by atoms with Gasteiger partial charge in [-0.2, -0.15) is 0 Å². The number of carbonyl (C=O) groups excluding carboxylic acids is 1. The van der Waals surface area contributed by atoms with Crippen LogP contribution in [0.4, 0.5) is 0 Å². The molecule has 6 nitrogen and oxygen atoms in total. The highest BCUT2D eigenvalue weighted by atomic mass is 35.5. The van der Waals surface area contributed by atoms with Gasteiger partial charge in [-0.1, -0.05) is 0 Å². The Morgan fingerprint density at radius 3 is 2.52 bits per heavy atom. The Hall–Kier alpha value is -1.08. The van der Waals surface area contributed by atoms with Crippen molar-refractivity contribution in [2.45, 2.75) is 44.3 Å². The predicted molar refractivity (Wildman–Crippen MR) is 108 cm³/mol. The maximum absolute atomic E-state index is 12.4. The van der Waals surface area contributed by atoms with E-state index in [2.05, 4.69) is 15.2 Å². The molecular formula is C19H29Cl2N3O3. The number of aromatic nitrogens is 1. The van der Waals surface area contributed by atoms with Crippen molar-refractivity contribution < 1.29 is 14.3 Å². The Morgan fingerprint density at radius 2 is 1.85 bits per heavy atom. The lowest BCUT2D eigenvalue weighted by atomic mass is 9.76. The van der Waals surface area contributed by atoms with Gasteiger partial charge in [0, 0.05) is 38.4 Å². The van der Waals surface area contributed by atoms with Crippen LogP contribution in [0.3, 0.4) is 0 Å². The molecule has 0 amide bonds. The number of hydrogen-bond donors (Lipinski definition) is 1. The maximum Gasteiger partial charge on any atom is 0.312 e. The number of halogens is 2. The number of hydrogen-bond acceptors (Lipinski definition) is 6. The fourth-order valence-corrected chi connectivity index (χ4v) is 4.36. The van der Waals surface area contributed by atoms with Crippen LogP contribution in [0.2, 0.25) is 0 Å². The second-order valence-electron chi connectivity index (χ2n) is 7.56. The third-order valence-corrected chi connectivity index (χ3v) is 5.83.